The van der Waals surface area contributed by atoms with Crippen molar-refractivity contribution < 1.29 is 20.1 Å². The molecule has 0 aromatic heterocycles. The molecule has 3 N–H and O–H groups in total. The molecule has 0 aliphatic heterocycles. The maximum Gasteiger partial charge on any atom is 0.127 e. The second-order valence-electron chi connectivity index (χ2n) is 5.19. The fraction of sp³-hybridized carbons (Fsp3) is 0.412. The largest absolute Gasteiger partial charge is 0.490 e. The highest BCUT2D eigenvalue weighted by atomic mass is 16.5. The van der Waals surface area contributed by atoms with Gasteiger partial charge in [-0.1, -0.05) is 36.4 Å². The molecule has 2 rings (SSSR count). The highest BCUT2D eigenvalue weighted by Gasteiger charge is 2.12. The van der Waals surface area contributed by atoms with Crippen LogP contribution in [0.1, 0.15) is 0 Å². The van der Waals surface area contributed by atoms with Gasteiger partial charge >= 0.3 is 0 Å². The van der Waals surface area contributed by atoms with E-state index >= 15 is 0 Å². The number of hydrogen-bond acceptors (Lipinski definition) is 5. The van der Waals surface area contributed by atoms with Gasteiger partial charge in [-0.25, -0.2) is 0 Å². The molecule has 22 heavy (non-hydrogen) atoms. The van der Waals surface area contributed by atoms with Crippen molar-refractivity contribution in [2.24, 2.45) is 0 Å². The molecule has 1 atom stereocenters. The minimum absolute atomic E-state index is 0.00308. The number of benzene rings is 2. The number of hydrogen-bond donors (Lipinski definition) is 3. The molecule has 5 heteroatoms. The first-order valence-corrected chi connectivity index (χ1v) is 7.47. The van der Waals surface area contributed by atoms with Crippen LogP contribution < -0.4 is 4.74 Å². The zero-order chi connectivity index (χ0) is 15.8. The molecular formula is C17H23NO4. The fourth-order valence-electron chi connectivity index (χ4n) is 2.44. The predicted octanol–water partition coefficient (Wildman–Crippen LogP) is 0.866. The number of aliphatic hydroxyl groups is 3. The van der Waals surface area contributed by atoms with Crippen molar-refractivity contribution in [3.05, 3.63) is 42.5 Å². The van der Waals surface area contributed by atoms with E-state index in [0.29, 0.717) is 19.6 Å². The average molecular weight is 305 g/mol. The normalized spacial score (nSPS) is 12.7. The summed E-state index contributed by atoms with van der Waals surface area (Å²) in [5.41, 5.74) is 0. The average Bonchev–Trinajstić information content (AvgIpc) is 2.53. The summed E-state index contributed by atoms with van der Waals surface area (Å²) in [6.45, 7) is 1.36. The van der Waals surface area contributed by atoms with Crippen molar-refractivity contribution in [3.63, 3.8) is 0 Å². The first kappa shape index (κ1) is 16.7. The van der Waals surface area contributed by atoms with Crippen molar-refractivity contribution in [3.8, 4) is 5.75 Å². The first-order chi connectivity index (χ1) is 10.7. The zero-order valence-electron chi connectivity index (χ0n) is 12.6. The molecule has 0 aliphatic rings. The van der Waals surface area contributed by atoms with E-state index < -0.39 is 6.10 Å². The predicted molar refractivity (Wildman–Crippen MR) is 86.1 cm³/mol. The smallest absolute Gasteiger partial charge is 0.127 e. The topological polar surface area (TPSA) is 73.2 Å². The summed E-state index contributed by atoms with van der Waals surface area (Å²) >= 11 is 0. The summed E-state index contributed by atoms with van der Waals surface area (Å²) in [5.74, 6) is 0.744. The molecule has 5 nitrogen and oxygen atoms in total. The molecule has 0 radical (unpaired) electrons. The summed E-state index contributed by atoms with van der Waals surface area (Å²) in [6.07, 6.45) is -0.683. The molecule has 0 amide bonds. The van der Waals surface area contributed by atoms with Gasteiger partial charge in [0.25, 0.3) is 0 Å². The lowest BCUT2D eigenvalue weighted by Crippen LogP contribution is -2.38. The van der Waals surface area contributed by atoms with E-state index in [1.165, 1.54) is 0 Å². The van der Waals surface area contributed by atoms with Crippen LogP contribution in [0.15, 0.2) is 42.5 Å². The number of rotatable bonds is 9. The SMILES string of the molecule is OCCN(CCO)C[C@@H](O)COc1cccc2ccccc12. The molecule has 2 aromatic carbocycles. The molecule has 2 aromatic rings. The van der Waals surface area contributed by atoms with Crippen molar-refractivity contribution in [2.45, 2.75) is 6.10 Å². The van der Waals surface area contributed by atoms with Gasteiger partial charge in [-0.05, 0) is 11.5 Å². The second kappa shape index (κ2) is 8.70. The van der Waals surface area contributed by atoms with Crippen LogP contribution in [-0.4, -0.2) is 65.8 Å². The highest BCUT2D eigenvalue weighted by Crippen LogP contribution is 2.25. The molecule has 120 valence electrons. The van der Waals surface area contributed by atoms with Crippen molar-refractivity contribution in [1.29, 1.82) is 0 Å². The molecular weight excluding hydrogens is 282 g/mol. The van der Waals surface area contributed by atoms with Crippen LogP contribution in [0.2, 0.25) is 0 Å². The molecule has 0 spiro atoms. The van der Waals surface area contributed by atoms with Crippen LogP contribution in [-0.2, 0) is 0 Å². The second-order valence-corrected chi connectivity index (χ2v) is 5.19. The van der Waals surface area contributed by atoms with Gasteiger partial charge in [0.15, 0.2) is 0 Å². The minimum atomic E-state index is -0.683. The molecule has 0 unspecified atom stereocenters. The Morgan fingerprint density at radius 3 is 2.36 bits per heavy atom. The lowest BCUT2D eigenvalue weighted by atomic mass is 10.1. The lowest BCUT2D eigenvalue weighted by molar-refractivity contribution is 0.0556. The first-order valence-electron chi connectivity index (χ1n) is 7.47. The van der Waals surface area contributed by atoms with Gasteiger partial charge in [-0.3, -0.25) is 4.90 Å². The standard InChI is InChI=1S/C17H23NO4/c19-10-8-18(9-11-20)12-15(21)13-22-17-7-3-5-14-4-1-2-6-16(14)17/h1-7,15,19-21H,8-13H2/t15-/m1/s1. The summed E-state index contributed by atoms with van der Waals surface area (Å²) in [5, 5.41) is 30.1. The molecule has 0 saturated carbocycles. The summed E-state index contributed by atoms with van der Waals surface area (Å²) in [4.78, 5) is 1.80. The Kier molecular flexibility index (Phi) is 6.61. The van der Waals surface area contributed by atoms with E-state index in [9.17, 15) is 5.11 Å². The summed E-state index contributed by atoms with van der Waals surface area (Å²) in [6, 6.07) is 13.8. The quantitative estimate of drug-likeness (QED) is 0.641. The van der Waals surface area contributed by atoms with E-state index in [1.807, 2.05) is 42.5 Å². The van der Waals surface area contributed by atoms with Crippen LogP contribution in [0.3, 0.4) is 0 Å². The van der Waals surface area contributed by atoms with Gasteiger partial charge in [0.05, 0.1) is 13.2 Å². The Labute approximate surface area is 130 Å². The van der Waals surface area contributed by atoms with Crippen molar-refractivity contribution in [2.75, 3.05) is 39.5 Å². The third kappa shape index (κ3) is 4.68. The third-order valence-electron chi connectivity index (χ3n) is 3.48. The van der Waals surface area contributed by atoms with Crippen LogP contribution in [0, 0.1) is 0 Å². The maximum atomic E-state index is 10.1. The van der Waals surface area contributed by atoms with Crippen LogP contribution in [0.5, 0.6) is 5.75 Å². The van der Waals surface area contributed by atoms with Gasteiger partial charge in [-0.15, -0.1) is 0 Å². The van der Waals surface area contributed by atoms with Gasteiger partial charge in [0.1, 0.15) is 18.5 Å². The lowest BCUT2D eigenvalue weighted by Gasteiger charge is -2.23. The van der Waals surface area contributed by atoms with Gasteiger partial charge in [0, 0.05) is 25.0 Å². The highest BCUT2D eigenvalue weighted by molar-refractivity contribution is 5.88. The van der Waals surface area contributed by atoms with E-state index in [2.05, 4.69) is 0 Å². The van der Waals surface area contributed by atoms with Crippen LogP contribution in [0.25, 0.3) is 10.8 Å². The minimum Gasteiger partial charge on any atom is -0.490 e. The molecule has 0 bridgehead atoms. The third-order valence-corrected chi connectivity index (χ3v) is 3.48. The Bertz CT molecular complexity index is 564. The van der Waals surface area contributed by atoms with E-state index in [0.717, 1.165) is 16.5 Å². The zero-order valence-corrected chi connectivity index (χ0v) is 12.6. The molecule has 0 saturated heterocycles. The number of fused-ring (bicyclic) bond motifs is 1. The summed E-state index contributed by atoms with van der Waals surface area (Å²) < 4.78 is 5.74. The van der Waals surface area contributed by atoms with Gasteiger partial charge in [0.2, 0.25) is 0 Å². The van der Waals surface area contributed by atoms with Crippen LogP contribution >= 0.6 is 0 Å². The van der Waals surface area contributed by atoms with E-state index in [4.69, 9.17) is 14.9 Å². The van der Waals surface area contributed by atoms with E-state index in [-0.39, 0.29) is 19.8 Å². The van der Waals surface area contributed by atoms with Crippen molar-refractivity contribution in [1.82, 2.24) is 4.90 Å². The molecule has 0 heterocycles. The van der Waals surface area contributed by atoms with Crippen LogP contribution in [0.4, 0.5) is 0 Å². The van der Waals surface area contributed by atoms with Crippen molar-refractivity contribution >= 4 is 10.8 Å². The Morgan fingerprint density at radius 2 is 1.64 bits per heavy atom. The van der Waals surface area contributed by atoms with Gasteiger partial charge in [-0.2, -0.15) is 0 Å². The van der Waals surface area contributed by atoms with E-state index in [1.54, 1.807) is 4.90 Å². The Hall–Kier alpha value is -1.66. The Morgan fingerprint density at radius 1 is 0.955 bits per heavy atom. The maximum absolute atomic E-state index is 10.1. The number of aliphatic hydroxyl groups excluding tert-OH is 3. The fourth-order valence-corrected chi connectivity index (χ4v) is 2.44. The molecule has 0 fully saturated rings. The number of nitrogens with zero attached hydrogens (tertiary/aromatic N) is 1. The molecule has 0 aliphatic carbocycles. The Balaban J connectivity index is 1.93. The van der Waals surface area contributed by atoms with Gasteiger partial charge < -0.3 is 20.1 Å². The number of ether oxygens (including phenoxy) is 1. The summed E-state index contributed by atoms with van der Waals surface area (Å²) in [7, 11) is 0. The monoisotopic (exact) mass is 305 g/mol.